The highest BCUT2D eigenvalue weighted by molar-refractivity contribution is 6.30. The van der Waals surface area contributed by atoms with Gasteiger partial charge in [-0.2, -0.15) is 0 Å². The van der Waals surface area contributed by atoms with Crippen molar-refractivity contribution >= 4 is 29.2 Å². The Morgan fingerprint density at radius 3 is 2.67 bits per heavy atom. The van der Waals surface area contributed by atoms with E-state index in [4.69, 9.17) is 16.7 Å². The second-order valence-corrected chi connectivity index (χ2v) is 5.70. The zero-order valence-corrected chi connectivity index (χ0v) is 12.5. The molecule has 1 fully saturated rings. The fourth-order valence-electron chi connectivity index (χ4n) is 2.45. The molecule has 0 saturated carbocycles. The Labute approximate surface area is 128 Å². The standard InChI is InChI=1S/C15H19ClN2O3/c16-12-2-1-3-13(10-12)17-14(19)6-9-18-7-4-11(5-8-18)15(20)21/h1-3,10-11H,4-9H2,(H,17,19)(H,20,21). The van der Waals surface area contributed by atoms with Crippen molar-refractivity contribution in [2.75, 3.05) is 25.0 Å². The molecule has 114 valence electrons. The summed E-state index contributed by atoms with van der Waals surface area (Å²) in [5.74, 6) is -1.01. The van der Waals surface area contributed by atoms with E-state index in [9.17, 15) is 9.59 Å². The summed E-state index contributed by atoms with van der Waals surface area (Å²) < 4.78 is 0. The van der Waals surface area contributed by atoms with Crippen LogP contribution in [0.5, 0.6) is 0 Å². The molecule has 0 bridgehead atoms. The summed E-state index contributed by atoms with van der Waals surface area (Å²) in [6.07, 6.45) is 1.71. The van der Waals surface area contributed by atoms with Crippen molar-refractivity contribution < 1.29 is 14.7 Å². The van der Waals surface area contributed by atoms with Crippen LogP contribution in [0.1, 0.15) is 19.3 Å². The number of carbonyl (C=O) groups excluding carboxylic acids is 1. The molecule has 0 spiro atoms. The second-order valence-electron chi connectivity index (χ2n) is 5.26. The van der Waals surface area contributed by atoms with Crippen molar-refractivity contribution in [2.24, 2.45) is 5.92 Å². The lowest BCUT2D eigenvalue weighted by Gasteiger charge is -2.29. The van der Waals surface area contributed by atoms with E-state index in [1.54, 1.807) is 24.3 Å². The van der Waals surface area contributed by atoms with Crippen LogP contribution >= 0.6 is 11.6 Å². The molecule has 1 aromatic carbocycles. The molecule has 0 radical (unpaired) electrons. The van der Waals surface area contributed by atoms with Crippen molar-refractivity contribution in [3.63, 3.8) is 0 Å². The average molecular weight is 311 g/mol. The van der Waals surface area contributed by atoms with Crippen LogP contribution in [0, 0.1) is 5.92 Å². The maximum atomic E-state index is 11.9. The molecule has 21 heavy (non-hydrogen) atoms. The summed E-state index contributed by atoms with van der Waals surface area (Å²) >= 11 is 5.86. The van der Waals surface area contributed by atoms with Gasteiger partial charge in [0.1, 0.15) is 0 Å². The Balaban J connectivity index is 1.71. The SMILES string of the molecule is O=C(CCN1CCC(C(=O)O)CC1)Nc1cccc(Cl)c1. The molecular weight excluding hydrogens is 292 g/mol. The number of carboxylic acids is 1. The Bertz CT molecular complexity index is 513. The van der Waals surface area contributed by atoms with Gasteiger partial charge in [-0.1, -0.05) is 17.7 Å². The van der Waals surface area contributed by atoms with Gasteiger partial charge >= 0.3 is 5.97 Å². The number of hydrogen-bond acceptors (Lipinski definition) is 3. The van der Waals surface area contributed by atoms with Crippen LogP contribution in [0.4, 0.5) is 5.69 Å². The number of halogens is 1. The molecular formula is C15H19ClN2O3. The first-order chi connectivity index (χ1) is 10.0. The summed E-state index contributed by atoms with van der Waals surface area (Å²) in [6, 6.07) is 7.04. The van der Waals surface area contributed by atoms with Gasteiger partial charge in [-0.25, -0.2) is 0 Å². The molecule has 1 aliphatic heterocycles. The number of benzene rings is 1. The lowest BCUT2D eigenvalue weighted by atomic mass is 9.97. The number of likely N-dealkylation sites (tertiary alicyclic amines) is 1. The Kier molecular flexibility index (Phi) is 5.59. The van der Waals surface area contributed by atoms with Gasteiger partial charge < -0.3 is 15.3 Å². The van der Waals surface area contributed by atoms with Gasteiger partial charge in [-0.3, -0.25) is 9.59 Å². The highest BCUT2D eigenvalue weighted by Gasteiger charge is 2.24. The maximum absolute atomic E-state index is 11.9. The van der Waals surface area contributed by atoms with Crippen LogP contribution in [0.3, 0.4) is 0 Å². The quantitative estimate of drug-likeness (QED) is 0.876. The summed E-state index contributed by atoms with van der Waals surface area (Å²) in [7, 11) is 0. The third kappa shape index (κ3) is 5.02. The van der Waals surface area contributed by atoms with Crippen LogP contribution in [0.25, 0.3) is 0 Å². The molecule has 0 aliphatic carbocycles. The number of aliphatic carboxylic acids is 1. The van der Waals surface area contributed by atoms with E-state index < -0.39 is 5.97 Å². The zero-order chi connectivity index (χ0) is 15.2. The molecule has 1 aromatic rings. The van der Waals surface area contributed by atoms with Crippen LogP contribution in [-0.4, -0.2) is 41.5 Å². The summed E-state index contributed by atoms with van der Waals surface area (Å²) in [5.41, 5.74) is 0.692. The monoisotopic (exact) mass is 310 g/mol. The minimum atomic E-state index is -0.714. The first-order valence-electron chi connectivity index (χ1n) is 7.05. The number of hydrogen-bond donors (Lipinski definition) is 2. The molecule has 1 saturated heterocycles. The smallest absolute Gasteiger partial charge is 0.306 e. The molecule has 1 amide bonds. The normalized spacial score (nSPS) is 16.6. The molecule has 0 atom stereocenters. The lowest BCUT2D eigenvalue weighted by Crippen LogP contribution is -2.37. The second kappa shape index (κ2) is 7.43. The number of carbonyl (C=O) groups is 2. The van der Waals surface area contributed by atoms with Gasteiger partial charge in [-0.05, 0) is 44.1 Å². The third-order valence-corrected chi connectivity index (χ3v) is 3.94. The van der Waals surface area contributed by atoms with Crippen molar-refractivity contribution in [1.82, 2.24) is 4.90 Å². The Hall–Kier alpha value is -1.59. The average Bonchev–Trinajstić information content (AvgIpc) is 2.45. The highest BCUT2D eigenvalue weighted by atomic mass is 35.5. The van der Waals surface area contributed by atoms with E-state index in [0.29, 0.717) is 36.5 Å². The van der Waals surface area contributed by atoms with E-state index in [2.05, 4.69) is 10.2 Å². The van der Waals surface area contributed by atoms with Crippen LogP contribution in [0.15, 0.2) is 24.3 Å². The number of carboxylic acid groups (broad SMARTS) is 1. The van der Waals surface area contributed by atoms with E-state index in [1.807, 2.05) is 0 Å². The molecule has 2 rings (SSSR count). The highest BCUT2D eigenvalue weighted by Crippen LogP contribution is 2.18. The number of amides is 1. The number of nitrogens with zero attached hydrogens (tertiary/aromatic N) is 1. The topological polar surface area (TPSA) is 69.6 Å². The number of anilines is 1. The van der Waals surface area contributed by atoms with Gasteiger partial charge in [0.2, 0.25) is 5.91 Å². The zero-order valence-electron chi connectivity index (χ0n) is 11.7. The largest absolute Gasteiger partial charge is 0.481 e. The van der Waals surface area contributed by atoms with Gasteiger partial charge in [0.15, 0.2) is 0 Å². The van der Waals surface area contributed by atoms with Crippen LogP contribution in [-0.2, 0) is 9.59 Å². The third-order valence-electron chi connectivity index (χ3n) is 3.70. The fraction of sp³-hybridized carbons (Fsp3) is 0.467. The van der Waals surface area contributed by atoms with Crippen molar-refractivity contribution in [1.29, 1.82) is 0 Å². The van der Waals surface area contributed by atoms with Gasteiger partial charge in [-0.15, -0.1) is 0 Å². The summed E-state index contributed by atoms with van der Waals surface area (Å²) in [5, 5.41) is 12.3. The molecule has 1 heterocycles. The molecule has 6 heteroatoms. The van der Waals surface area contributed by atoms with E-state index in [0.717, 1.165) is 13.1 Å². The van der Waals surface area contributed by atoms with Gasteiger partial charge in [0.25, 0.3) is 0 Å². The first-order valence-corrected chi connectivity index (χ1v) is 7.43. The van der Waals surface area contributed by atoms with Crippen molar-refractivity contribution in [2.45, 2.75) is 19.3 Å². The lowest BCUT2D eigenvalue weighted by molar-refractivity contribution is -0.143. The van der Waals surface area contributed by atoms with E-state index in [1.165, 1.54) is 0 Å². The van der Waals surface area contributed by atoms with Crippen molar-refractivity contribution in [3.8, 4) is 0 Å². The van der Waals surface area contributed by atoms with Crippen LogP contribution < -0.4 is 5.32 Å². The molecule has 0 aromatic heterocycles. The summed E-state index contributed by atoms with van der Waals surface area (Å²) in [6.45, 7) is 2.13. The Morgan fingerprint density at radius 2 is 2.05 bits per heavy atom. The molecule has 5 nitrogen and oxygen atoms in total. The van der Waals surface area contributed by atoms with Gasteiger partial charge in [0, 0.05) is 23.7 Å². The number of rotatable bonds is 5. The molecule has 2 N–H and O–H groups in total. The fourth-order valence-corrected chi connectivity index (χ4v) is 2.64. The Morgan fingerprint density at radius 1 is 1.33 bits per heavy atom. The predicted octanol–water partition coefficient (Wildman–Crippen LogP) is 2.47. The van der Waals surface area contributed by atoms with Crippen molar-refractivity contribution in [3.05, 3.63) is 29.3 Å². The maximum Gasteiger partial charge on any atom is 0.306 e. The minimum absolute atomic E-state index is 0.0578. The molecule has 1 aliphatic rings. The van der Waals surface area contributed by atoms with Crippen LogP contribution in [0.2, 0.25) is 5.02 Å². The first kappa shape index (κ1) is 15.8. The number of piperidine rings is 1. The predicted molar refractivity (Wildman–Crippen MR) is 81.5 cm³/mol. The minimum Gasteiger partial charge on any atom is -0.481 e. The van der Waals surface area contributed by atoms with E-state index >= 15 is 0 Å². The van der Waals surface area contributed by atoms with E-state index in [-0.39, 0.29) is 11.8 Å². The summed E-state index contributed by atoms with van der Waals surface area (Å²) in [4.78, 5) is 24.9. The molecule has 0 unspecified atom stereocenters. The number of nitrogens with one attached hydrogen (secondary N) is 1. The van der Waals surface area contributed by atoms with Gasteiger partial charge in [0.05, 0.1) is 5.92 Å².